The summed E-state index contributed by atoms with van der Waals surface area (Å²) >= 11 is 9.78. The van der Waals surface area contributed by atoms with Gasteiger partial charge in [-0.1, -0.05) is 200 Å². The SMILES string of the molecule is CC(C)c1cccc(C(C)C)c1-c1cc(-c2cc(Br)cc(-c3cc(-c4c(C(C)C)cccc4C(C)C)cc(-c4c(C(C)C)cccc4C(C)C)c3)c2S)cc(-c2c(C(C)C)cccc2C(C)C)c1. The lowest BCUT2D eigenvalue weighted by Crippen LogP contribution is -2.03. The third-order valence-electron chi connectivity index (χ3n) is 14.2. The minimum Gasteiger partial charge on any atom is -0.142 e. The Morgan fingerprint density at radius 3 is 0.632 bits per heavy atom. The summed E-state index contributed by atoms with van der Waals surface area (Å²) in [5, 5.41) is 0. The van der Waals surface area contributed by atoms with Crippen LogP contribution in [-0.4, -0.2) is 0 Å². The molecule has 0 aromatic heterocycles. The lowest BCUT2D eigenvalue weighted by Gasteiger charge is -2.25. The summed E-state index contributed by atoms with van der Waals surface area (Å²) in [5.41, 5.74) is 26.1. The van der Waals surface area contributed by atoms with Crippen LogP contribution < -0.4 is 0 Å². The number of hydrogen-bond acceptors (Lipinski definition) is 1. The number of halogens is 1. The molecule has 7 aromatic rings. The summed E-state index contributed by atoms with van der Waals surface area (Å²) in [4.78, 5) is 0.976. The molecule has 0 fully saturated rings. The first-order chi connectivity index (χ1) is 32.2. The highest BCUT2D eigenvalue weighted by Crippen LogP contribution is 2.48. The van der Waals surface area contributed by atoms with Gasteiger partial charge in [-0.15, -0.1) is 12.6 Å². The van der Waals surface area contributed by atoms with E-state index in [0.29, 0.717) is 47.3 Å². The Balaban J connectivity index is 1.61. The Morgan fingerprint density at radius 2 is 0.456 bits per heavy atom. The fraction of sp³-hybridized carbons (Fsp3) is 0.364. The lowest BCUT2D eigenvalue weighted by molar-refractivity contribution is 0.836. The van der Waals surface area contributed by atoms with Crippen LogP contribution in [-0.2, 0) is 0 Å². The maximum absolute atomic E-state index is 5.67. The molecule has 68 heavy (non-hydrogen) atoms. The Labute approximate surface area is 426 Å². The van der Waals surface area contributed by atoms with E-state index in [4.69, 9.17) is 12.6 Å². The van der Waals surface area contributed by atoms with Gasteiger partial charge in [0.2, 0.25) is 0 Å². The van der Waals surface area contributed by atoms with E-state index in [1.807, 2.05) is 0 Å². The van der Waals surface area contributed by atoms with E-state index in [0.717, 1.165) is 20.5 Å². The van der Waals surface area contributed by atoms with Crippen LogP contribution in [0.3, 0.4) is 0 Å². The van der Waals surface area contributed by atoms with Gasteiger partial charge in [-0.25, -0.2) is 0 Å². The molecule has 0 radical (unpaired) electrons. The molecular formula is C66H77BrS. The minimum absolute atomic E-state index is 0.360. The topological polar surface area (TPSA) is 0 Å². The second kappa shape index (κ2) is 21.2. The highest BCUT2D eigenvalue weighted by molar-refractivity contribution is 9.10. The second-order valence-corrected chi connectivity index (χ2v) is 23.3. The first-order valence-corrected chi connectivity index (χ1v) is 26.8. The van der Waals surface area contributed by atoms with Crippen molar-refractivity contribution in [1.82, 2.24) is 0 Å². The van der Waals surface area contributed by atoms with Gasteiger partial charge in [0.1, 0.15) is 0 Å². The van der Waals surface area contributed by atoms with Crippen LogP contribution in [0.4, 0.5) is 0 Å². The van der Waals surface area contributed by atoms with Gasteiger partial charge < -0.3 is 0 Å². The summed E-state index contributed by atoms with van der Waals surface area (Å²) in [6.07, 6.45) is 0. The van der Waals surface area contributed by atoms with E-state index in [9.17, 15) is 0 Å². The molecule has 0 nitrogen and oxygen atoms in total. The molecular weight excluding hydrogens is 905 g/mol. The van der Waals surface area contributed by atoms with Crippen molar-refractivity contribution in [2.45, 2.75) is 163 Å². The van der Waals surface area contributed by atoms with Gasteiger partial charge in [0, 0.05) is 9.37 Å². The quantitative estimate of drug-likeness (QED) is 0.103. The molecule has 0 unspecified atom stereocenters. The third kappa shape index (κ3) is 10.3. The van der Waals surface area contributed by atoms with E-state index >= 15 is 0 Å². The monoisotopic (exact) mass is 980 g/mol. The predicted octanol–water partition coefficient (Wildman–Crippen LogP) is 21.7. The van der Waals surface area contributed by atoms with Crippen molar-refractivity contribution in [3.63, 3.8) is 0 Å². The zero-order valence-corrected chi connectivity index (χ0v) is 46.5. The van der Waals surface area contributed by atoms with Crippen molar-refractivity contribution in [2.75, 3.05) is 0 Å². The molecule has 0 aliphatic heterocycles. The molecule has 7 rings (SSSR count). The summed E-state index contributed by atoms with van der Waals surface area (Å²) in [6.45, 7) is 37.3. The lowest BCUT2D eigenvalue weighted by atomic mass is 9.80. The number of hydrogen-bond donors (Lipinski definition) is 1. The van der Waals surface area contributed by atoms with Crippen LogP contribution in [0, 0.1) is 0 Å². The average molecular weight is 982 g/mol. The number of thiol groups is 1. The molecule has 0 atom stereocenters. The smallest absolute Gasteiger partial charge is 0.0198 e. The molecule has 7 aromatic carbocycles. The fourth-order valence-corrected chi connectivity index (χ4v) is 11.6. The van der Waals surface area contributed by atoms with Crippen molar-refractivity contribution in [1.29, 1.82) is 0 Å². The van der Waals surface area contributed by atoms with E-state index in [1.165, 1.54) is 100 Å². The molecule has 0 saturated heterocycles. The normalized spacial score (nSPS) is 12.1. The summed E-state index contributed by atoms with van der Waals surface area (Å²) in [7, 11) is 0. The van der Waals surface area contributed by atoms with Gasteiger partial charge in [0.25, 0.3) is 0 Å². The second-order valence-electron chi connectivity index (χ2n) is 21.9. The van der Waals surface area contributed by atoms with Crippen LogP contribution >= 0.6 is 28.6 Å². The van der Waals surface area contributed by atoms with Crippen molar-refractivity contribution >= 4 is 28.6 Å². The standard InChI is InChI=1S/C66H77BrS/c1-37(2)52-21-17-22-53(38(3)4)62(52)47-29-45(30-48(33-47)63-54(39(5)6)23-18-24-55(63)40(7)8)60-35-51(67)36-61(66(60)68)46-31-49(64-56(41(9)10)25-19-26-57(64)42(11)12)34-50(32-46)65-58(43(13)14)27-20-28-59(65)44(15)16/h17-44,68H,1-16H3. The van der Waals surface area contributed by atoms with Crippen molar-refractivity contribution in [3.8, 4) is 66.8 Å². The van der Waals surface area contributed by atoms with E-state index in [-0.39, 0.29) is 0 Å². The molecule has 354 valence electrons. The summed E-state index contributed by atoms with van der Waals surface area (Å²) < 4.78 is 1.03. The van der Waals surface area contributed by atoms with Crippen LogP contribution in [0.1, 0.15) is 203 Å². The molecule has 0 spiro atoms. The molecule has 0 bridgehead atoms. The first kappa shape index (κ1) is 51.2. The van der Waals surface area contributed by atoms with Gasteiger partial charge >= 0.3 is 0 Å². The largest absolute Gasteiger partial charge is 0.142 e. The van der Waals surface area contributed by atoms with Gasteiger partial charge in [-0.3, -0.25) is 0 Å². The molecule has 0 amide bonds. The Morgan fingerprint density at radius 1 is 0.279 bits per heavy atom. The third-order valence-corrected chi connectivity index (χ3v) is 15.1. The fourth-order valence-electron chi connectivity index (χ4n) is 10.7. The molecule has 0 N–H and O–H groups in total. The average Bonchev–Trinajstić information content (AvgIpc) is 3.30. The predicted molar refractivity (Wildman–Crippen MR) is 307 cm³/mol. The van der Waals surface area contributed by atoms with Crippen molar-refractivity contribution in [3.05, 3.63) is 170 Å². The van der Waals surface area contributed by atoms with Crippen LogP contribution in [0.15, 0.2) is 131 Å². The van der Waals surface area contributed by atoms with Gasteiger partial charge in [-0.2, -0.15) is 0 Å². The zero-order chi connectivity index (χ0) is 49.5. The highest BCUT2D eigenvalue weighted by Gasteiger charge is 2.25. The maximum Gasteiger partial charge on any atom is 0.0198 e. The number of benzene rings is 7. The summed E-state index contributed by atoms with van der Waals surface area (Å²) in [5.74, 6) is 2.88. The Kier molecular flexibility index (Phi) is 15.9. The number of rotatable bonds is 14. The van der Waals surface area contributed by atoms with Crippen LogP contribution in [0.5, 0.6) is 0 Å². The zero-order valence-electron chi connectivity index (χ0n) is 44.0. The Hall–Kier alpha value is -4.63. The molecule has 0 aliphatic rings. The summed E-state index contributed by atoms with van der Waals surface area (Å²) in [6, 6.07) is 47.2. The molecule has 0 saturated carbocycles. The molecule has 0 heterocycles. The Bertz CT molecular complexity index is 2470. The van der Waals surface area contributed by atoms with Gasteiger partial charge in [-0.05, 0) is 207 Å². The van der Waals surface area contributed by atoms with E-state index in [1.54, 1.807) is 0 Å². The minimum atomic E-state index is 0.360. The van der Waals surface area contributed by atoms with Crippen LogP contribution in [0.2, 0.25) is 0 Å². The highest BCUT2D eigenvalue weighted by atomic mass is 79.9. The van der Waals surface area contributed by atoms with E-state index < -0.39 is 0 Å². The first-order valence-electron chi connectivity index (χ1n) is 25.6. The van der Waals surface area contributed by atoms with Crippen molar-refractivity contribution in [2.24, 2.45) is 0 Å². The molecule has 2 heteroatoms. The van der Waals surface area contributed by atoms with E-state index in [2.05, 4.69) is 248 Å². The van der Waals surface area contributed by atoms with Gasteiger partial charge in [0.05, 0.1) is 0 Å². The van der Waals surface area contributed by atoms with Crippen LogP contribution in [0.25, 0.3) is 66.8 Å². The van der Waals surface area contributed by atoms with Crippen molar-refractivity contribution < 1.29 is 0 Å². The molecule has 0 aliphatic carbocycles. The van der Waals surface area contributed by atoms with Gasteiger partial charge in [0.15, 0.2) is 0 Å². The maximum atomic E-state index is 5.67.